The van der Waals surface area contributed by atoms with E-state index in [1.807, 2.05) is 0 Å². The Morgan fingerprint density at radius 1 is 1.48 bits per heavy atom. The lowest BCUT2D eigenvalue weighted by atomic mass is 10.1. The Balaban J connectivity index is 2.28. The molecule has 0 radical (unpaired) electrons. The number of phenols is 1. The van der Waals surface area contributed by atoms with Crippen LogP contribution in [0.4, 0.5) is 0 Å². The number of benzene rings is 1. The van der Waals surface area contributed by atoms with Crippen molar-refractivity contribution in [3.05, 3.63) is 35.5 Å². The fraction of sp³-hybridized carbons (Fsp3) is 0.214. The lowest BCUT2D eigenvalue weighted by Crippen LogP contribution is -2.31. The minimum atomic E-state index is -0.323. The number of hydrogen-bond acceptors (Lipinski definition) is 6. The van der Waals surface area contributed by atoms with Crippen molar-refractivity contribution >= 4 is 12.2 Å². The van der Waals surface area contributed by atoms with Crippen molar-refractivity contribution in [2.45, 2.75) is 0 Å². The molecule has 7 nitrogen and oxygen atoms in total. The highest BCUT2D eigenvalue weighted by atomic mass is 16.5. The summed E-state index contributed by atoms with van der Waals surface area (Å²) in [5.74, 6) is -0.164. The van der Waals surface area contributed by atoms with Gasteiger partial charge in [-0.25, -0.2) is 0 Å². The quantitative estimate of drug-likeness (QED) is 0.791. The third kappa shape index (κ3) is 3.09. The van der Waals surface area contributed by atoms with Crippen LogP contribution in [0.5, 0.6) is 5.75 Å². The standard InChI is InChI=1S/C14H15N3O4/c1-17(5-4-15)14(20)11-3-2-9(6-12(11)19)13-7-10(8-18)16-21-13/h2-3,6-8,19H,4-5,15H2,1H3. The Bertz CT molecular complexity index is 666. The van der Waals surface area contributed by atoms with Gasteiger partial charge in [0.1, 0.15) is 11.4 Å². The van der Waals surface area contributed by atoms with Gasteiger partial charge >= 0.3 is 0 Å². The monoisotopic (exact) mass is 289 g/mol. The molecule has 1 aromatic carbocycles. The first-order valence-corrected chi connectivity index (χ1v) is 6.27. The fourth-order valence-corrected chi connectivity index (χ4v) is 1.85. The van der Waals surface area contributed by atoms with Gasteiger partial charge in [0.05, 0.1) is 5.56 Å². The summed E-state index contributed by atoms with van der Waals surface area (Å²) < 4.78 is 4.98. The molecule has 0 atom stereocenters. The summed E-state index contributed by atoms with van der Waals surface area (Å²) >= 11 is 0. The van der Waals surface area contributed by atoms with Crippen LogP contribution in [0.3, 0.4) is 0 Å². The molecule has 0 unspecified atom stereocenters. The van der Waals surface area contributed by atoms with Gasteiger partial charge in [-0.05, 0) is 12.1 Å². The summed E-state index contributed by atoms with van der Waals surface area (Å²) in [4.78, 5) is 24.1. The number of rotatable bonds is 5. The molecule has 0 aliphatic carbocycles. The maximum Gasteiger partial charge on any atom is 0.257 e. The number of nitrogens with zero attached hydrogens (tertiary/aromatic N) is 2. The molecule has 0 saturated carbocycles. The van der Waals surface area contributed by atoms with Crippen molar-refractivity contribution in [1.29, 1.82) is 0 Å². The van der Waals surface area contributed by atoms with Gasteiger partial charge in [-0.3, -0.25) is 9.59 Å². The van der Waals surface area contributed by atoms with Gasteiger partial charge in [-0.1, -0.05) is 11.2 Å². The minimum Gasteiger partial charge on any atom is -0.507 e. The average molecular weight is 289 g/mol. The highest BCUT2D eigenvalue weighted by molar-refractivity contribution is 5.97. The Labute approximate surface area is 120 Å². The van der Waals surface area contributed by atoms with E-state index in [1.54, 1.807) is 13.1 Å². The molecule has 1 amide bonds. The molecule has 0 fully saturated rings. The lowest BCUT2D eigenvalue weighted by molar-refractivity contribution is 0.0796. The molecule has 2 aromatic rings. The number of carbonyl (C=O) groups is 2. The molecule has 0 aliphatic rings. The minimum absolute atomic E-state index is 0.160. The van der Waals surface area contributed by atoms with Crippen LogP contribution in [0, 0.1) is 0 Å². The van der Waals surface area contributed by atoms with E-state index in [2.05, 4.69) is 5.16 Å². The number of aldehydes is 1. The first-order valence-electron chi connectivity index (χ1n) is 6.27. The number of hydrogen-bond donors (Lipinski definition) is 2. The molecule has 0 aliphatic heterocycles. The van der Waals surface area contributed by atoms with Crippen molar-refractivity contribution in [2.24, 2.45) is 5.73 Å². The number of phenolic OH excluding ortho intramolecular Hbond substituents is 1. The molecular formula is C14H15N3O4. The maximum atomic E-state index is 12.1. The van der Waals surface area contributed by atoms with E-state index < -0.39 is 0 Å². The van der Waals surface area contributed by atoms with Crippen molar-refractivity contribution in [3.63, 3.8) is 0 Å². The van der Waals surface area contributed by atoms with Gasteiger partial charge in [-0.2, -0.15) is 0 Å². The van der Waals surface area contributed by atoms with Crippen LogP contribution >= 0.6 is 0 Å². The SMILES string of the molecule is CN(CCN)C(=O)c1ccc(-c2cc(C=O)no2)cc1O. The maximum absolute atomic E-state index is 12.1. The predicted molar refractivity (Wildman–Crippen MR) is 75.0 cm³/mol. The highest BCUT2D eigenvalue weighted by Gasteiger charge is 2.17. The number of amides is 1. The van der Waals surface area contributed by atoms with Gasteiger partial charge < -0.3 is 20.3 Å². The summed E-state index contributed by atoms with van der Waals surface area (Å²) in [6.45, 7) is 0.735. The van der Waals surface area contributed by atoms with Gasteiger partial charge in [-0.15, -0.1) is 0 Å². The summed E-state index contributed by atoms with van der Waals surface area (Å²) in [6.07, 6.45) is 0.562. The number of carbonyl (C=O) groups excluding carboxylic acids is 2. The zero-order valence-electron chi connectivity index (χ0n) is 11.4. The molecule has 110 valence electrons. The van der Waals surface area contributed by atoms with E-state index in [9.17, 15) is 14.7 Å². The third-order valence-electron chi connectivity index (χ3n) is 2.97. The van der Waals surface area contributed by atoms with E-state index in [0.29, 0.717) is 30.7 Å². The third-order valence-corrected chi connectivity index (χ3v) is 2.97. The molecule has 21 heavy (non-hydrogen) atoms. The first kappa shape index (κ1) is 14.7. The zero-order valence-corrected chi connectivity index (χ0v) is 11.4. The molecule has 7 heteroatoms. The van der Waals surface area contributed by atoms with Crippen LogP contribution in [0.15, 0.2) is 28.8 Å². The topological polar surface area (TPSA) is 110 Å². The van der Waals surface area contributed by atoms with Crippen molar-refractivity contribution < 1.29 is 19.2 Å². The lowest BCUT2D eigenvalue weighted by Gasteiger charge is -2.16. The molecular weight excluding hydrogens is 274 g/mol. The molecule has 3 N–H and O–H groups in total. The van der Waals surface area contributed by atoms with E-state index in [-0.39, 0.29) is 22.9 Å². The van der Waals surface area contributed by atoms with Crippen LogP contribution < -0.4 is 5.73 Å². The van der Waals surface area contributed by atoms with Gasteiger partial charge in [0.25, 0.3) is 5.91 Å². The Morgan fingerprint density at radius 3 is 2.81 bits per heavy atom. The largest absolute Gasteiger partial charge is 0.507 e. The summed E-state index contributed by atoms with van der Waals surface area (Å²) in [7, 11) is 1.61. The van der Waals surface area contributed by atoms with Crippen molar-refractivity contribution in [2.75, 3.05) is 20.1 Å². The zero-order chi connectivity index (χ0) is 15.4. The van der Waals surface area contributed by atoms with Crippen molar-refractivity contribution in [1.82, 2.24) is 10.1 Å². The Kier molecular flexibility index (Phi) is 4.34. The summed E-state index contributed by atoms with van der Waals surface area (Å²) in [6, 6.07) is 5.93. The Morgan fingerprint density at radius 2 is 2.24 bits per heavy atom. The fourth-order valence-electron chi connectivity index (χ4n) is 1.85. The van der Waals surface area contributed by atoms with Crippen LogP contribution in [0.2, 0.25) is 0 Å². The smallest absolute Gasteiger partial charge is 0.257 e. The van der Waals surface area contributed by atoms with Gasteiger partial charge in [0, 0.05) is 31.8 Å². The normalized spacial score (nSPS) is 10.4. The second-order valence-corrected chi connectivity index (χ2v) is 4.48. The van der Waals surface area contributed by atoms with E-state index in [1.165, 1.54) is 23.1 Å². The second-order valence-electron chi connectivity index (χ2n) is 4.48. The number of likely N-dealkylation sites (N-methyl/N-ethyl adjacent to an activating group) is 1. The van der Waals surface area contributed by atoms with Crippen LogP contribution in [-0.2, 0) is 0 Å². The molecule has 0 saturated heterocycles. The van der Waals surface area contributed by atoms with Crippen LogP contribution in [0.25, 0.3) is 11.3 Å². The molecule has 1 heterocycles. The average Bonchev–Trinajstić information content (AvgIpc) is 2.95. The second kappa shape index (κ2) is 6.19. The molecule has 0 bridgehead atoms. The van der Waals surface area contributed by atoms with Crippen LogP contribution in [0.1, 0.15) is 20.8 Å². The van der Waals surface area contributed by atoms with Crippen molar-refractivity contribution in [3.8, 4) is 17.1 Å². The number of nitrogens with two attached hydrogens (primary N) is 1. The molecule has 0 spiro atoms. The molecule has 2 rings (SSSR count). The Hall–Kier alpha value is -2.67. The van der Waals surface area contributed by atoms with E-state index >= 15 is 0 Å². The number of aromatic hydroxyl groups is 1. The summed E-state index contributed by atoms with van der Waals surface area (Å²) in [5.41, 5.74) is 6.25. The first-order chi connectivity index (χ1) is 10.1. The van der Waals surface area contributed by atoms with Gasteiger partial charge in [0.15, 0.2) is 12.0 Å². The van der Waals surface area contributed by atoms with E-state index in [0.717, 1.165) is 0 Å². The summed E-state index contributed by atoms with van der Waals surface area (Å²) in [5, 5.41) is 13.5. The number of aromatic nitrogens is 1. The highest BCUT2D eigenvalue weighted by Crippen LogP contribution is 2.27. The van der Waals surface area contributed by atoms with Gasteiger partial charge in [0.2, 0.25) is 0 Å². The predicted octanol–water partition coefficient (Wildman–Crippen LogP) is 0.890. The van der Waals surface area contributed by atoms with Crippen LogP contribution in [-0.4, -0.2) is 47.5 Å². The molecule has 1 aromatic heterocycles. The van der Waals surface area contributed by atoms with E-state index in [4.69, 9.17) is 10.3 Å².